The van der Waals surface area contributed by atoms with Gasteiger partial charge in [0, 0.05) is 11.1 Å². The van der Waals surface area contributed by atoms with Gasteiger partial charge in [-0.15, -0.1) is 10.2 Å². The highest BCUT2D eigenvalue weighted by atomic mass is 35.5. The van der Waals surface area contributed by atoms with E-state index in [2.05, 4.69) is 15.5 Å². The molecule has 0 saturated heterocycles. The van der Waals surface area contributed by atoms with Gasteiger partial charge in [0.1, 0.15) is 11.6 Å². The largest absolute Gasteiger partial charge is 0.323 e. The summed E-state index contributed by atoms with van der Waals surface area (Å²) < 4.78 is 29.9. The standard InChI is InChI=1S/C19H15ClF2N4OS/c20-11-5-8-16(15(22)9-11)23-17(27)10-28-19-25-24-18(26(19)12-6-7-12)13-3-1-2-4-14(13)21/h1-5,8-9,12H,6-7,10H2,(H,23,27). The van der Waals surface area contributed by atoms with Crippen molar-refractivity contribution in [3.63, 3.8) is 0 Å². The fourth-order valence-corrected chi connectivity index (χ4v) is 3.74. The van der Waals surface area contributed by atoms with E-state index < -0.39 is 5.82 Å². The van der Waals surface area contributed by atoms with Crippen molar-refractivity contribution in [1.29, 1.82) is 0 Å². The van der Waals surface area contributed by atoms with Crippen LogP contribution < -0.4 is 5.32 Å². The number of carbonyl (C=O) groups is 1. The fraction of sp³-hybridized carbons (Fsp3) is 0.211. The molecule has 0 radical (unpaired) electrons. The summed E-state index contributed by atoms with van der Waals surface area (Å²) >= 11 is 6.89. The molecule has 1 saturated carbocycles. The molecular formula is C19H15ClF2N4OS. The minimum Gasteiger partial charge on any atom is -0.323 e. The molecular weight excluding hydrogens is 406 g/mol. The predicted molar refractivity (Wildman–Crippen MR) is 104 cm³/mol. The smallest absolute Gasteiger partial charge is 0.234 e. The van der Waals surface area contributed by atoms with Gasteiger partial charge in [0.25, 0.3) is 0 Å². The van der Waals surface area contributed by atoms with Crippen molar-refractivity contribution in [2.45, 2.75) is 24.0 Å². The maximum atomic E-state index is 14.2. The lowest BCUT2D eigenvalue weighted by atomic mass is 10.2. The molecule has 1 fully saturated rings. The molecule has 9 heteroatoms. The van der Waals surface area contributed by atoms with E-state index in [0.717, 1.165) is 18.9 Å². The van der Waals surface area contributed by atoms with Crippen molar-refractivity contribution in [2.75, 3.05) is 11.1 Å². The normalized spacial score (nSPS) is 13.5. The van der Waals surface area contributed by atoms with Crippen molar-refractivity contribution in [3.8, 4) is 11.4 Å². The molecule has 1 aliphatic carbocycles. The molecule has 1 amide bonds. The van der Waals surface area contributed by atoms with Crippen LogP contribution in [0.2, 0.25) is 5.02 Å². The zero-order valence-corrected chi connectivity index (χ0v) is 16.1. The van der Waals surface area contributed by atoms with E-state index in [0.29, 0.717) is 16.5 Å². The number of anilines is 1. The lowest BCUT2D eigenvalue weighted by Gasteiger charge is -2.10. The zero-order valence-electron chi connectivity index (χ0n) is 14.5. The highest BCUT2D eigenvalue weighted by molar-refractivity contribution is 7.99. The van der Waals surface area contributed by atoms with Gasteiger partial charge in [0.2, 0.25) is 5.91 Å². The highest BCUT2D eigenvalue weighted by Crippen LogP contribution is 2.41. The molecule has 1 aromatic heterocycles. The van der Waals surface area contributed by atoms with E-state index in [1.54, 1.807) is 18.2 Å². The first kappa shape index (κ1) is 18.9. The number of hydrogen-bond donors (Lipinski definition) is 1. The molecule has 1 heterocycles. The number of nitrogens with zero attached hydrogens (tertiary/aromatic N) is 3. The van der Waals surface area contributed by atoms with Crippen LogP contribution in [0.3, 0.4) is 0 Å². The van der Waals surface area contributed by atoms with Gasteiger partial charge in [-0.25, -0.2) is 8.78 Å². The first-order valence-electron chi connectivity index (χ1n) is 8.60. The Labute approximate surface area is 169 Å². The third-order valence-electron chi connectivity index (χ3n) is 4.23. The van der Waals surface area contributed by atoms with Crippen LogP contribution in [0.4, 0.5) is 14.5 Å². The average Bonchev–Trinajstić information content (AvgIpc) is 3.42. The molecule has 3 aromatic rings. The number of aromatic nitrogens is 3. The van der Waals surface area contributed by atoms with Crippen molar-refractivity contribution in [2.24, 2.45) is 0 Å². The minimum atomic E-state index is -0.603. The number of amides is 1. The second-order valence-electron chi connectivity index (χ2n) is 6.35. The van der Waals surface area contributed by atoms with Crippen molar-refractivity contribution >= 4 is 35.0 Å². The minimum absolute atomic E-state index is 0.0180. The average molecular weight is 421 g/mol. The van der Waals surface area contributed by atoms with E-state index in [1.165, 1.54) is 30.0 Å². The Balaban J connectivity index is 1.49. The van der Waals surface area contributed by atoms with Crippen LogP contribution in [0.15, 0.2) is 47.6 Å². The quantitative estimate of drug-likeness (QED) is 0.573. The molecule has 1 aliphatic rings. The molecule has 1 N–H and O–H groups in total. The van der Waals surface area contributed by atoms with Crippen LogP contribution in [-0.2, 0) is 4.79 Å². The first-order chi connectivity index (χ1) is 13.5. The topological polar surface area (TPSA) is 59.8 Å². The maximum Gasteiger partial charge on any atom is 0.234 e. The molecule has 0 spiro atoms. The molecule has 2 aromatic carbocycles. The highest BCUT2D eigenvalue weighted by Gasteiger charge is 2.31. The molecule has 0 unspecified atom stereocenters. The Hall–Kier alpha value is -2.45. The zero-order chi connectivity index (χ0) is 19.7. The molecule has 144 valence electrons. The number of nitrogens with one attached hydrogen (secondary N) is 1. The number of halogens is 3. The van der Waals surface area contributed by atoms with Gasteiger partial charge in [-0.3, -0.25) is 9.36 Å². The van der Waals surface area contributed by atoms with E-state index >= 15 is 0 Å². The van der Waals surface area contributed by atoms with Crippen molar-refractivity contribution < 1.29 is 13.6 Å². The summed E-state index contributed by atoms with van der Waals surface area (Å²) in [7, 11) is 0. The number of carbonyl (C=O) groups excluding carboxylic acids is 1. The Morgan fingerprint density at radius 3 is 2.68 bits per heavy atom. The van der Waals surface area contributed by atoms with Crippen LogP contribution in [0, 0.1) is 11.6 Å². The second-order valence-corrected chi connectivity index (χ2v) is 7.73. The van der Waals surface area contributed by atoms with E-state index in [1.807, 2.05) is 4.57 Å². The van der Waals surface area contributed by atoms with Crippen LogP contribution in [0.25, 0.3) is 11.4 Å². The lowest BCUT2D eigenvalue weighted by molar-refractivity contribution is -0.113. The van der Waals surface area contributed by atoms with Crippen LogP contribution >= 0.6 is 23.4 Å². The summed E-state index contributed by atoms with van der Waals surface area (Å²) in [4.78, 5) is 12.2. The van der Waals surface area contributed by atoms with Gasteiger partial charge in [-0.1, -0.05) is 35.5 Å². The summed E-state index contributed by atoms with van der Waals surface area (Å²) in [5.41, 5.74) is 0.437. The maximum absolute atomic E-state index is 14.2. The van der Waals surface area contributed by atoms with Gasteiger partial charge in [-0.05, 0) is 43.2 Å². The second kappa shape index (κ2) is 7.89. The SMILES string of the molecule is O=C(CSc1nnc(-c2ccccc2F)n1C1CC1)Nc1ccc(Cl)cc1F. The Morgan fingerprint density at radius 2 is 1.96 bits per heavy atom. The predicted octanol–water partition coefficient (Wildman–Crippen LogP) is 4.94. The molecule has 4 rings (SSSR count). The van der Waals surface area contributed by atoms with Gasteiger partial charge in [0.15, 0.2) is 11.0 Å². The van der Waals surface area contributed by atoms with Crippen molar-refractivity contribution in [1.82, 2.24) is 14.8 Å². The molecule has 28 heavy (non-hydrogen) atoms. The third-order valence-corrected chi connectivity index (χ3v) is 5.41. The van der Waals surface area contributed by atoms with Gasteiger partial charge < -0.3 is 5.32 Å². The summed E-state index contributed by atoms with van der Waals surface area (Å²) in [6.45, 7) is 0. The van der Waals surface area contributed by atoms with E-state index in [4.69, 9.17) is 11.6 Å². The number of hydrogen-bond acceptors (Lipinski definition) is 4. The molecule has 0 bridgehead atoms. The number of benzene rings is 2. The summed E-state index contributed by atoms with van der Waals surface area (Å²) in [6.07, 6.45) is 1.91. The van der Waals surface area contributed by atoms with Gasteiger partial charge in [-0.2, -0.15) is 0 Å². The lowest BCUT2D eigenvalue weighted by Crippen LogP contribution is -2.15. The number of rotatable bonds is 6. The van der Waals surface area contributed by atoms with Crippen LogP contribution in [-0.4, -0.2) is 26.4 Å². The number of thioether (sulfide) groups is 1. The monoisotopic (exact) mass is 420 g/mol. The van der Waals surface area contributed by atoms with Crippen molar-refractivity contribution in [3.05, 3.63) is 59.1 Å². The Bertz CT molecular complexity index is 1040. The molecule has 0 atom stereocenters. The summed E-state index contributed by atoms with van der Waals surface area (Å²) in [6, 6.07) is 10.6. The van der Waals surface area contributed by atoms with Crippen LogP contribution in [0.1, 0.15) is 18.9 Å². The fourth-order valence-electron chi connectivity index (χ4n) is 2.77. The van der Waals surface area contributed by atoms with Crippen LogP contribution in [0.5, 0.6) is 0 Å². The van der Waals surface area contributed by atoms with Gasteiger partial charge >= 0.3 is 0 Å². The molecule has 0 aliphatic heterocycles. The van der Waals surface area contributed by atoms with Gasteiger partial charge in [0.05, 0.1) is 17.0 Å². The van der Waals surface area contributed by atoms with E-state index in [-0.39, 0.29) is 34.2 Å². The summed E-state index contributed by atoms with van der Waals surface area (Å²) in [5, 5.41) is 11.6. The Morgan fingerprint density at radius 1 is 1.18 bits per heavy atom. The summed E-state index contributed by atoms with van der Waals surface area (Å²) in [5.74, 6) is -0.890. The molecule has 5 nitrogen and oxygen atoms in total. The third kappa shape index (κ3) is 4.02. The first-order valence-corrected chi connectivity index (χ1v) is 9.97. The Kier molecular flexibility index (Phi) is 5.32. The van der Waals surface area contributed by atoms with E-state index in [9.17, 15) is 13.6 Å².